The van der Waals surface area contributed by atoms with Crippen molar-refractivity contribution in [2.45, 2.75) is 53.0 Å². The highest BCUT2D eigenvalue weighted by Crippen LogP contribution is 2.24. The number of nitrogens with one attached hydrogen (secondary N) is 1. The minimum Gasteiger partial charge on any atom is -0.314 e. The molecular weight excluding hydrogens is 242 g/mol. The molecule has 0 fully saturated rings. The van der Waals surface area contributed by atoms with E-state index < -0.39 is 0 Å². The van der Waals surface area contributed by atoms with Gasteiger partial charge in [-0.05, 0) is 42.9 Å². The maximum absolute atomic E-state index is 6.25. The van der Waals surface area contributed by atoms with Crippen molar-refractivity contribution in [2.24, 2.45) is 5.41 Å². The normalized spacial score (nSPS) is 13.6. The molecule has 2 heteroatoms. The summed E-state index contributed by atoms with van der Waals surface area (Å²) in [4.78, 5) is 0. The predicted octanol–water partition coefficient (Wildman–Crippen LogP) is 4.69. The zero-order valence-electron chi connectivity index (χ0n) is 12.1. The van der Waals surface area contributed by atoms with Crippen LogP contribution < -0.4 is 5.32 Å². The van der Waals surface area contributed by atoms with E-state index >= 15 is 0 Å². The van der Waals surface area contributed by atoms with Gasteiger partial charge < -0.3 is 5.32 Å². The summed E-state index contributed by atoms with van der Waals surface area (Å²) in [6, 6.07) is 8.67. The summed E-state index contributed by atoms with van der Waals surface area (Å²) >= 11 is 6.25. The smallest absolute Gasteiger partial charge is 0.0438 e. The fraction of sp³-hybridized carbons (Fsp3) is 0.625. The quantitative estimate of drug-likeness (QED) is 0.789. The maximum Gasteiger partial charge on any atom is 0.0438 e. The van der Waals surface area contributed by atoms with Gasteiger partial charge in [-0.2, -0.15) is 0 Å². The molecule has 1 aromatic rings. The van der Waals surface area contributed by atoms with Crippen LogP contribution in [0.1, 0.15) is 46.1 Å². The monoisotopic (exact) mass is 267 g/mol. The summed E-state index contributed by atoms with van der Waals surface area (Å²) < 4.78 is 0. The fourth-order valence-corrected chi connectivity index (χ4v) is 2.45. The molecule has 1 aromatic carbocycles. The van der Waals surface area contributed by atoms with Crippen molar-refractivity contribution >= 4 is 11.6 Å². The lowest BCUT2D eigenvalue weighted by atomic mass is 9.86. The summed E-state index contributed by atoms with van der Waals surface area (Å²) in [5, 5.41) is 4.53. The number of benzene rings is 1. The first-order valence-electron chi connectivity index (χ1n) is 6.89. The average molecular weight is 268 g/mol. The van der Waals surface area contributed by atoms with Crippen LogP contribution in [0.3, 0.4) is 0 Å². The van der Waals surface area contributed by atoms with Gasteiger partial charge in [0.1, 0.15) is 0 Å². The zero-order valence-corrected chi connectivity index (χ0v) is 12.8. The zero-order chi connectivity index (χ0) is 13.6. The molecular formula is C16H26ClN. The van der Waals surface area contributed by atoms with E-state index in [9.17, 15) is 0 Å². The van der Waals surface area contributed by atoms with Gasteiger partial charge >= 0.3 is 0 Å². The van der Waals surface area contributed by atoms with Crippen LogP contribution in [0.25, 0.3) is 0 Å². The van der Waals surface area contributed by atoms with Crippen LogP contribution in [0.4, 0.5) is 0 Å². The lowest BCUT2D eigenvalue weighted by molar-refractivity contribution is 0.306. The Bertz CT molecular complexity index is 354. The molecule has 18 heavy (non-hydrogen) atoms. The molecule has 1 nitrogen and oxygen atoms in total. The van der Waals surface area contributed by atoms with Crippen LogP contribution in [-0.2, 0) is 6.42 Å². The standard InChI is InChI=1S/C16H26ClN/c1-5-10-18-14(12-16(2,3)4)11-13-8-6-7-9-15(13)17/h6-9,14,18H,5,10-12H2,1-4H3. The van der Waals surface area contributed by atoms with Crippen LogP contribution in [0, 0.1) is 5.41 Å². The van der Waals surface area contributed by atoms with Gasteiger partial charge in [0.15, 0.2) is 0 Å². The highest BCUT2D eigenvalue weighted by atomic mass is 35.5. The van der Waals surface area contributed by atoms with Gasteiger partial charge in [0.25, 0.3) is 0 Å². The molecule has 1 N–H and O–H groups in total. The minimum absolute atomic E-state index is 0.340. The van der Waals surface area contributed by atoms with Gasteiger partial charge in [-0.3, -0.25) is 0 Å². The number of hydrogen-bond acceptors (Lipinski definition) is 1. The van der Waals surface area contributed by atoms with Crippen LogP contribution >= 0.6 is 11.6 Å². The molecule has 0 radical (unpaired) electrons. The van der Waals surface area contributed by atoms with Crippen molar-refractivity contribution in [3.8, 4) is 0 Å². The summed E-state index contributed by atoms with van der Waals surface area (Å²) in [5.41, 5.74) is 1.59. The first-order valence-corrected chi connectivity index (χ1v) is 7.27. The van der Waals surface area contributed by atoms with Crippen LogP contribution in [0.15, 0.2) is 24.3 Å². The number of hydrogen-bond donors (Lipinski definition) is 1. The van der Waals surface area contributed by atoms with Crippen molar-refractivity contribution in [1.29, 1.82) is 0 Å². The molecule has 0 aromatic heterocycles. The van der Waals surface area contributed by atoms with Crippen molar-refractivity contribution in [3.63, 3.8) is 0 Å². The van der Waals surface area contributed by atoms with Crippen molar-refractivity contribution < 1.29 is 0 Å². The van der Waals surface area contributed by atoms with E-state index in [0.717, 1.165) is 24.4 Å². The lowest BCUT2D eigenvalue weighted by Crippen LogP contribution is -2.35. The topological polar surface area (TPSA) is 12.0 Å². The second-order valence-corrected chi connectivity index (χ2v) is 6.62. The van der Waals surface area contributed by atoms with Gasteiger partial charge in [-0.25, -0.2) is 0 Å². The maximum atomic E-state index is 6.25. The molecule has 1 rings (SSSR count). The Morgan fingerprint density at radius 3 is 2.44 bits per heavy atom. The van der Waals surface area contributed by atoms with E-state index in [2.05, 4.69) is 45.1 Å². The van der Waals surface area contributed by atoms with Crippen LogP contribution in [0.5, 0.6) is 0 Å². The highest BCUT2D eigenvalue weighted by molar-refractivity contribution is 6.31. The summed E-state index contributed by atoms with van der Waals surface area (Å²) in [6.45, 7) is 10.2. The molecule has 0 saturated carbocycles. The molecule has 102 valence electrons. The molecule has 0 aliphatic carbocycles. The largest absolute Gasteiger partial charge is 0.314 e. The third-order valence-electron chi connectivity index (χ3n) is 2.97. The molecule has 0 aliphatic rings. The summed E-state index contributed by atoms with van der Waals surface area (Å²) in [7, 11) is 0. The van der Waals surface area contributed by atoms with Crippen LogP contribution in [0.2, 0.25) is 5.02 Å². The fourth-order valence-electron chi connectivity index (χ4n) is 2.23. The van der Waals surface area contributed by atoms with E-state index in [1.54, 1.807) is 0 Å². The predicted molar refractivity (Wildman–Crippen MR) is 81.3 cm³/mol. The van der Waals surface area contributed by atoms with Gasteiger partial charge in [0.2, 0.25) is 0 Å². The second-order valence-electron chi connectivity index (χ2n) is 6.21. The highest BCUT2D eigenvalue weighted by Gasteiger charge is 2.19. The Kier molecular flexibility index (Phi) is 6.17. The van der Waals surface area contributed by atoms with E-state index in [0.29, 0.717) is 11.5 Å². The third-order valence-corrected chi connectivity index (χ3v) is 3.33. The Morgan fingerprint density at radius 2 is 1.89 bits per heavy atom. The minimum atomic E-state index is 0.340. The Balaban J connectivity index is 2.69. The molecule has 0 amide bonds. The van der Waals surface area contributed by atoms with E-state index in [1.165, 1.54) is 12.0 Å². The van der Waals surface area contributed by atoms with Crippen LogP contribution in [-0.4, -0.2) is 12.6 Å². The van der Waals surface area contributed by atoms with Crippen molar-refractivity contribution in [3.05, 3.63) is 34.9 Å². The summed E-state index contributed by atoms with van der Waals surface area (Å²) in [5.74, 6) is 0. The molecule has 1 unspecified atom stereocenters. The SMILES string of the molecule is CCCNC(Cc1ccccc1Cl)CC(C)(C)C. The van der Waals surface area contributed by atoms with E-state index in [-0.39, 0.29) is 0 Å². The Labute approximate surface area is 117 Å². The van der Waals surface area contributed by atoms with E-state index in [1.807, 2.05) is 12.1 Å². The molecule has 0 bridgehead atoms. The van der Waals surface area contributed by atoms with Gasteiger partial charge in [0, 0.05) is 11.1 Å². The average Bonchev–Trinajstić information content (AvgIpc) is 2.27. The Hall–Kier alpha value is -0.530. The molecule has 0 spiro atoms. The number of rotatable bonds is 6. The van der Waals surface area contributed by atoms with Gasteiger partial charge in [0.05, 0.1) is 0 Å². The third kappa shape index (κ3) is 5.88. The first kappa shape index (κ1) is 15.5. The first-order chi connectivity index (χ1) is 8.42. The van der Waals surface area contributed by atoms with Gasteiger partial charge in [-0.15, -0.1) is 0 Å². The lowest BCUT2D eigenvalue weighted by Gasteiger charge is -2.27. The van der Waals surface area contributed by atoms with E-state index in [4.69, 9.17) is 11.6 Å². The second kappa shape index (κ2) is 7.16. The molecule has 0 heterocycles. The van der Waals surface area contributed by atoms with Crippen molar-refractivity contribution in [1.82, 2.24) is 5.32 Å². The molecule has 0 saturated heterocycles. The van der Waals surface area contributed by atoms with Gasteiger partial charge in [-0.1, -0.05) is 57.5 Å². The number of halogens is 1. The summed E-state index contributed by atoms with van der Waals surface area (Å²) in [6.07, 6.45) is 3.35. The molecule has 1 atom stereocenters. The molecule has 0 aliphatic heterocycles. The van der Waals surface area contributed by atoms with Crippen molar-refractivity contribution in [2.75, 3.05) is 6.54 Å². The Morgan fingerprint density at radius 1 is 1.22 bits per heavy atom.